The molecule has 48 heavy (non-hydrogen) atoms. The van der Waals surface area contributed by atoms with Crippen LogP contribution in [0.25, 0.3) is 0 Å². The fourth-order valence-electron chi connectivity index (χ4n) is 2.14. The highest BCUT2D eigenvalue weighted by Crippen LogP contribution is 2.23. The van der Waals surface area contributed by atoms with Crippen LogP contribution >= 0.6 is 0 Å². The maximum Gasteiger partial charge on any atom is 0.344 e. The Morgan fingerprint density at radius 2 is 0.917 bits per heavy atom. The van der Waals surface area contributed by atoms with E-state index in [1.165, 1.54) is 0 Å². The van der Waals surface area contributed by atoms with Gasteiger partial charge in [0.2, 0.25) is 6.79 Å². The Bertz CT molecular complexity index is 1010. The van der Waals surface area contributed by atoms with Gasteiger partial charge in [0.25, 0.3) is 12.3 Å². The summed E-state index contributed by atoms with van der Waals surface area (Å²) in [6, 6.07) is 0. The third-order valence-corrected chi connectivity index (χ3v) is 6.67. The largest absolute Gasteiger partial charge is 0.457 e. The number of alkyl halides is 4. The quantitative estimate of drug-likeness (QED) is 0.0688. The van der Waals surface area contributed by atoms with Gasteiger partial charge in [0.15, 0.2) is 26.4 Å². The van der Waals surface area contributed by atoms with Crippen molar-refractivity contribution in [3.05, 3.63) is 0 Å². The molecule has 0 bridgehead atoms. The number of carbonyl (C=O) groups is 6. The van der Waals surface area contributed by atoms with E-state index >= 15 is 0 Å². The van der Waals surface area contributed by atoms with E-state index in [4.69, 9.17) is 9.47 Å². The van der Waals surface area contributed by atoms with E-state index in [0.717, 1.165) is 6.42 Å². The molecule has 0 aromatic carbocycles. The average molecular weight is 707 g/mol. The topological polar surface area (TPSA) is 158 Å². The highest BCUT2D eigenvalue weighted by molar-refractivity contribution is 5.80. The van der Waals surface area contributed by atoms with Crippen molar-refractivity contribution >= 4 is 35.8 Å². The van der Waals surface area contributed by atoms with Crippen molar-refractivity contribution in [2.45, 2.75) is 121 Å². The minimum atomic E-state index is -3.08. The maximum atomic E-state index is 12.3. The maximum absolute atomic E-state index is 12.3. The molecule has 0 atom stereocenters. The van der Waals surface area contributed by atoms with E-state index in [1.807, 2.05) is 13.8 Å². The normalized spacial score (nSPS) is 11.5. The Balaban J connectivity index is -0.000000634. The first-order valence-corrected chi connectivity index (χ1v) is 15.5. The van der Waals surface area contributed by atoms with Gasteiger partial charge in [-0.05, 0) is 67.2 Å². The van der Waals surface area contributed by atoms with Crippen LogP contribution in [-0.4, -0.2) is 81.4 Å². The molecule has 0 fully saturated rings. The van der Waals surface area contributed by atoms with Crippen molar-refractivity contribution in [1.82, 2.24) is 0 Å². The Morgan fingerprint density at radius 1 is 0.542 bits per heavy atom. The van der Waals surface area contributed by atoms with Crippen molar-refractivity contribution in [3.8, 4) is 0 Å². The number of halogens is 4. The van der Waals surface area contributed by atoms with Crippen molar-refractivity contribution in [3.63, 3.8) is 0 Å². The molecule has 0 rings (SSSR count). The molecule has 0 spiro atoms. The number of rotatable bonds is 18. The molecule has 16 heteroatoms. The molecule has 282 valence electrons. The second-order valence-corrected chi connectivity index (χ2v) is 12.5. The molecule has 0 saturated carbocycles. The summed E-state index contributed by atoms with van der Waals surface area (Å²) in [4.78, 5) is 66.9. The predicted octanol–water partition coefficient (Wildman–Crippen LogP) is 6.20. The van der Waals surface area contributed by atoms with Crippen molar-refractivity contribution in [2.24, 2.45) is 16.2 Å². The summed E-state index contributed by atoms with van der Waals surface area (Å²) in [5.74, 6) is -6.81. The van der Waals surface area contributed by atoms with Crippen LogP contribution in [-0.2, 0) is 57.2 Å². The third-order valence-electron chi connectivity index (χ3n) is 6.67. The minimum Gasteiger partial charge on any atom is -0.457 e. The van der Waals surface area contributed by atoms with E-state index in [0.29, 0.717) is 32.6 Å². The van der Waals surface area contributed by atoms with Gasteiger partial charge in [0.05, 0.1) is 16.2 Å². The molecule has 0 aromatic heterocycles. The molecular weight excluding hydrogens is 652 g/mol. The second kappa shape index (κ2) is 23.8. The van der Waals surface area contributed by atoms with Gasteiger partial charge in [-0.3, -0.25) is 19.2 Å². The second-order valence-electron chi connectivity index (χ2n) is 12.5. The van der Waals surface area contributed by atoms with Crippen LogP contribution in [0.4, 0.5) is 17.6 Å². The number of hydrogen-bond acceptors (Lipinski definition) is 12. The minimum absolute atomic E-state index is 0.277. The fraction of sp³-hybridized carbons (Fsp3) is 0.812. The van der Waals surface area contributed by atoms with Gasteiger partial charge in [-0.1, -0.05) is 27.7 Å². The van der Waals surface area contributed by atoms with Gasteiger partial charge in [-0.2, -0.15) is 0 Å². The number of carbonyl (C=O) groups excluding carboxylic acids is 6. The average Bonchev–Trinajstić information content (AvgIpc) is 3.00. The van der Waals surface area contributed by atoms with Crippen molar-refractivity contribution < 1.29 is 74.8 Å². The van der Waals surface area contributed by atoms with Gasteiger partial charge in [0, 0.05) is 13.3 Å². The standard InChI is InChI=1S/C11H18F2O4.C11H20O4.C10H16F2O4/c1-5-10(2,3)9(15)16-6-8(14)17-7-11(4,12)13;1-5-7-9(12)14-8-15-10(13)11(3,4)6-2;1-4-10(2,3)9(14)16-6-8(13)15-5-7(11)12/h5-7H2,1-4H3;5-8H2,1-4H3;7H,4-6H2,1-3H3. The predicted molar refractivity (Wildman–Crippen MR) is 165 cm³/mol. The lowest BCUT2D eigenvalue weighted by atomic mass is 9.91. The van der Waals surface area contributed by atoms with E-state index in [-0.39, 0.29) is 18.7 Å². The molecular formula is C32H54F4O12. The first-order chi connectivity index (χ1) is 21.8. The monoisotopic (exact) mass is 706 g/mol. The third kappa shape index (κ3) is 25.6. The number of ether oxygens (including phenoxy) is 6. The summed E-state index contributed by atoms with van der Waals surface area (Å²) in [6.45, 7) is 14.7. The molecule has 12 nitrogen and oxygen atoms in total. The molecule has 0 N–H and O–H groups in total. The summed E-state index contributed by atoms with van der Waals surface area (Å²) in [5.41, 5.74) is -1.91. The van der Waals surface area contributed by atoms with Gasteiger partial charge in [-0.15, -0.1) is 0 Å². The van der Waals surface area contributed by atoms with E-state index in [1.54, 1.807) is 55.4 Å². The Hall–Kier alpha value is -3.46. The summed E-state index contributed by atoms with van der Waals surface area (Å²) >= 11 is 0. The van der Waals surface area contributed by atoms with Crippen LogP contribution < -0.4 is 0 Å². The summed E-state index contributed by atoms with van der Waals surface area (Å²) in [7, 11) is 0. The first-order valence-electron chi connectivity index (χ1n) is 15.5. The van der Waals surface area contributed by atoms with Gasteiger partial charge in [-0.25, -0.2) is 27.2 Å². The highest BCUT2D eigenvalue weighted by Gasteiger charge is 2.30. The molecule has 0 radical (unpaired) electrons. The van der Waals surface area contributed by atoms with Crippen LogP contribution in [0.15, 0.2) is 0 Å². The van der Waals surface area contributed by atoms with Crippen LogP contribution in [0.2, 0.25) is 0 Å². The zero-order valence-electron chi connectivity index (χ0n) is 30.1. The fourth-order valence-corrected chi connectivity index (χ4v) is 2.14. The van der Waals surface area contributed by atoms with Gasteiger partial charge >= 0.3 is 35.8 Å². The van der Waals surface area contributed by atoms with Crippen LogP contribution in [0, 0.1) is 16.2 Å². The Labute approximate surface area is 280 Å². The number of esters is 6. The zero-order chi connectivity index (χ0) is 38.4. The smallest absolute Gasteiger partial charge is 0.344 e. The Morgan fingerprint density at radius 3 is 1.25 bits per heavy atom. The molecule has 0 amide bonds. The lowest BCUT2D eigenvalue weighted by Crippen LogP contribution is -2.29. The summed E-state index contributed by atoms with van der Waals surface area (Å²) < 4.78 is 75.2. The molecule has 0 aromatic rings. The van der Waals surface area contributed by atoms with Crippen LogP contribution in [0.1, 0.15) is 108 Å². The van der Waals surface area contributed by atoms with Gasteiger partial charge in [0.1, 0.15) is 0 Å². The molecule has 0 saturated heterocycles. The lowest BCUT2D eigenvalue weighted by molar-refractivity contribution is -0.174. The van der Waals surface area contributed by atoms with E-state index in [2.05, 4.69) is 18.9 Å². The van der Waals surface area contributed by atoms with Crippen molar-refractivity contribution in [1.29, 1.82) is 0 Å². The van der Waals surface area contributed by atoms with E-state index in [9.17, 15) is 46.3 Å². The molecule has 0 unspecified atom stereocenters. The highest BCUT2D eigenvalue weighted by atomic mass is 19.3. The number of hydrogen-bond donors (Lipinski definition) is 0. The molecule has 0 heterocycles. The molecule has 0 aliphatic heterocycles. The van der Waals surface area contributed by atoms with Crippen molar-refractivity contribution in [2.75, 3.05) is 33.2 Å². The summed E-state index contributed by atoms with van der Waals surface area (Å²) in [5, 5.41) is 0. The van der Waals surface area contributed by atoms with Crippen LogP contribution in [0.3, 0.4) is 0 Å². The molecule has 0 aliphatic carbocycles. The van der Waals surface area contributed by atoms with Gasteiger partial charge < -0.3 is 28.4 Å². The van der Waals surface area contributed by atoms with Crippen LogP contribution in [0.5, 0.6) is 0 Å². The summed E-state index contributed by atoms with van der Waals surface area (Å²) in [6.07, 6.45) is 0.162. The molecule has 0 aliphatic rings. The Kier molecular flexibility index (Phi) is 24.3. The SMILES string of the molecule is CCC(C)(C)C(=O)OCC(=O)OCC(C)(F)F.CCC(C)(C)C(=O)OCC(=O)OCC(F)F.CCCC(=O)OCOC(=O)C(C)(C)CC. The first kappa shape index (κ1) is 48.9. The zero-order valence-corrected chi connectivity index (χ0v) is 30.1. The van der Waals surface area contributed by atoms with E-state index < -0.39 is 78.9 Å². The lowest BCUT2D eigenvalue weighted by Gasteiger charge is -2.20.